The van der Waals surface area contributed by atoms with E-state index >= 15 is 0 Å². The van der Waals surface area contributed by atoms with Crippen LogP contribution in [0.2, 0.25) is 0 Å². The van der Waals surface area contributed by atoms with E-state index in [0.29, 0.717) is 18.2 Å². The summed E-state index contributed by atoms with van der Waals surface area (Å²) in [5.74, 6) is 0.237. The van der Waals surface area contributed by atoms with Gasteiger partial charge in [0.2, 0.25) is 0 Å². The fourth-order valence-corrected chi connectivity index (χ4v) is 3.62. The van der Waals surface area contributed by atoms with Gasteiger partial charge in [0.25, 0.3) is 5.91 Å². The van der Waals surface area contributed by atoms with Crippen molar-refractivity contribution in [2.45, 2.75) is 53.0 Å². The molecule has 1 aliphatic heterocycles. The van der Waals surface area contributed by atoms with Crippen LogP contribution in [0.15, 0.2) is 42.5 Å². The first-order valence-corrected chi connectivity index (χ1v) is 10.8. The fraction of sp³-hybridized carbons (Fsp3) is 0.440. The van der Waals surface area contributed by atoms with Crippen LogP contribution in [0.5, 0.6) is 0 Å². The molecule has 0 aliphatic carbocycles. The Morgan fingerprint density at radius 2 is 1.71 bits per heavy atom. The van der Waals surface area contributed by atoms with Crippen LogP contribution in [0, 0.1) is 5.92 Å². The van der Waals surface area contributed by atoms with E-state index in [1.807, 2.05) is 57.2 Å². The summed E-state index contributed by atoms with van der Waals surface area (Å²) in [5, 5.41) is 5.79. The van der Waals surface area contributed by atoms with Crippen LogP contribution >= 0.6 is 0 Å². The Balaban J connectivity index is 1.94. The summed E-state index contributed by atoms with van der Waals surface area (Å²) in [6.45, 7) is 10.4. The minimum Gasteiger partial charge on any atom is -0.371 e. The third-order valence-corrected chi connectivity index (χ3v) is 4.89. The number of aryl methyl sites for hydroxylation is 2. The van der Waals surface area contributed by atoms with Crippen molar-refractivity contribution < 1.29 is 14.3 Å². The molecule has 0 aromatic heterocycles. The maximum atomic E-state index is 13.3. The molecule has 31 heavy (non-hydrogen) atoms. The third kappa shape index (κ3) is 6.07. The van der Waals surface area contributed by atoms with Gasteiger partial charge in [0.05, 0.1) is 11.4 Å². The first kappa shape index (κ1) is 22.8. The summed E-state index contributed by atoms with van der Waals surface area (Å²) < 4.78 is 5.66. The SMILES string of the molecule is CC(C)COCC(=O)N1c2ccccc2CCc2ccc(NC(=O)NC(C)(C)C)cc21. The fourth-order valence-electron chi connectivity index (χ4n) is 3.62. The lowest BCUT2D eigenvalue weighted by Crippen LogP contribution is -2.43. The summed E-state index contributed by atoms with van der Waals surface area (Å²) in [5.41, 5.74) is 4.14. The van der Waals surface area contributed by atoms with Crippen LogP contribution < -0.4 is 15.5 Å². The van der Waals surface area contributed by atoms with Gasteiger partial charge < -0.3 is 15.4 Å². The van der Waals surface area contributed by atoms with E-state index in [-0.39, 0.29) is 24.1 Å². The predicted octanol–water partition coefficient (Wildman–Crippen LogP) is 5.04. The predicted molar refractivity (Wildman–Crippen MR) is 125 cm³/mol. The standard InChI is InChI=1S/C25H33N3O3/c1-17(2)15-31-16-23(29)28-21-9-7-6-8-18(21)10-11-19-12-13-20(14-22(19)28)26-24(30)27-25(3,4)5/h6-9,12-14,17H,10-11,15-16H2,1-5H3,(H2,26,27,30). The minimum atomic E-state index is -0.343. The normalized spacial score (nSPS) is 13.3. The van der Waals surface area contributed by atoms with Crippen LogP contribution in [-0.2, 0) is 22.4 Å². The van der Waals surface area contributed by atoms with Crippen molar-refractivity contribution in [3.63, 3.8) is 0 Å². The van der Waals surface area contributed by atoms with E-state index in [1.54, 1.807) is 4.90 Å². The lowest BCUT2D eigenvalue weighted by molar-refractivity contribution is -0.122. The highest BCUT2D eigenvalue weighted by Gasteiger charge is 2.26. The maximum Gasteiger partial charge on any atom is 0.319 e. The van der Waals surface area contributed by atoms with Gasteiger partial charge in [-0.25, -0.2) is 4.79 Å². The summed E-state index contributed by atoms with van der Waals surface area (Å²) >= 11 is 0. The minimum absolute atomic E-state index is 0.00806. The zero-order valence-electron chi connectivity index (χ0n) is 19.1. The van der Waals surface area contributed by atoms with Gasteiger partial charge in [-0.2, -0.15) is 0 Å². The van der Waals surface area contributed by atoms with Gasteiger partial charge in [-0.1, -0.05) is 38.1 Å². The number of rotatable bonds is 5. The van der Waals surface area contributed by atoms with Crippen LogP contribution in [0.1, 0.15) is 45.7 Å². The number of anilines is 3. The number of carbonyl (C=O) groups excluding carboxylic acids is 2. The average molecular weight is 424 g/mol. The Morgan fingerprint density at radius 3 is 2.39 bits per heavy atom. The Labute approximate surface area is 185 Å². The first-order valence-electron chi connectivity index (χ1n) is 10.8. The molecule has 2 aromatic carbocycles. The second-order valence-corrected chi connectivity index (χ2v) is 9.44. The molecule has 2 N–H and O–H groups in total. The molecule has 3 rings (SSSR count). The highest BCUT2D eigenvalue weighted by molar-refractivity contribution is 6.04. The van der Waals surface area contributed by atoms with E-state index in [0.717, 1.165) is 35.3 Å². The molecule has 2 aromatic rings. The molecule has 6 nitrogen and oxygen atoms in total. The van der Waals surface area contributed by atoms with Crippen molar-refractivity contribution in [1.29, 1.82) is 0 Å². The molecule has 0 atom stereocenters. The number of nitrogens with one attached hydrogen (secondary N) is 2. The number of hydrogen-bond acceptors (Lipinski definition) is 3. The molecule has 0 spiro atoms. The van der Waals surface area contributed by atoms with Gasteiger partial charge >= 0.3 is 6.03 Å². The molecule has 0 saturated carbocycles. The van der Waals surface area contributed by atoms with Gasteiger partial charge in [0.1, 0.15) is 6.61 Å². The lowest BCUT2D eigenvalue weighted by Gasteiger charge is -2.26. The van der Waals surface area contributed by atoms with Crippen LogP contribution in [-0.4, -0.2) is 30.7 Å². The van der Waals surface area contributed by atoms with Gasteiger partial charge in [0.15, 0.2) is 0 Å². The highest BCUT2D eigenvalue weighted by atomic mass is 16.5. The molecule has 0 unspecified atom stereocenters. The second-order valence-electron chi connectivity index (χ2n) is 9.44. The van der Waals surface area contributed by atoms with Crippen molar-refractivity contribution in [3.8, 4) is 0 Å². The number of urea groups is 1. The Morgan fingerprint density at radius 1 is 1.03 bits per heavy atom. The number of hydrogen-bond donors (Lipinski definition) is 2. The van der Waals surface area contributed by atoms with Gasteiger partial charge in [0, 0.05) is 17.8 Å². The monoisotopic (exact) mass is 423 g/mol. The van der Waals surface area contributed by atoms with Crippen molar-refractivity contribution in [2.24, 2.45) is 5.92 Å². The summed E-state index contributed by atoms with van der Waals surface area (Å²) in [4.78, 5) is 27.4. The molecular formula is C25H33N3O3. The molecule has 0 bridgehead atoms. The van der Waals surface area contributed by atoms with Gasteiger partial charge in [-0.05, 0) is 68.9 Å². The quantitative estimate of drug-likeness (QED) is 0.708. The number of carbonyl (C=O) groups is 2. The van der Waals surface area contributed by atoms with Crippen LogP contribution in [0.3, 0.4) is 0 Å². The summed E-state index contributed by atoms with van der Waals surface area (Å²) in [6, 6.07) is 13.4. The van der Waals surface area contributed by atoms with E-state index in [1.165, 1.54) is 0 Å². The zero-order valence-corrected chi connectivity index (χ0v) is 19.1. The van der Waals surface area contributed by atoms with E-state index in [2.05, 4.69) is 30.5 Å². The first-order chi connectivity index (χ1) is 14.6. The number of para-hydroxylation sites is 1. The Hall–Kier alpha value is -2.86. The van der Waals surface area contributed by atoms with E-state index < -0.39 is 0 Å². The number of amides is 3. The molecule has 1 aliphatic rings. The van der Waals surface area contributed by atoms with E-state index in [4.69, 9.17) is 4.74 Å². The Bertz CT molecular complexity index is 947. The largest absolute Gasteiger partial charge is 0.371 e. The lowest BCUT2D eigenvalue weighted by atomic mass is 10.0. The molecule has 3 amide bonds. The highest BCUT2D eigenvalue weighted by Crippen LogP contribution is 2.37. The van der Waals surface area contributed by atoms with Gasteiger partial charge in [-0.3, -0.25) is 9.69 Å². The van der Waals surface area contributed by atoms with Crippen molar-refractivity contribution in [1.82, 2.24) is 5.32 Å². The molecule has 0 radical (unpaired) electrons. The average Bonchev–Trinajstić information content (AvgIpc) is 2.82. The molecule has 0 fully saturated rings. The number of benzene rings is 2. The molecular weight excluding hydrogens is 390 g/mol. The number of nitrogens with zero attached hydrogens (tertiary/aromatic N) is 1. The number of fused-ring (bicyclic) bond motifs is 2. The zero-order chi connectivity index (χ0) is 22.6. The maximum absolute atomic E-state index is 13.3. The molecule has 0 saturated heterocycles. The second kappa shape index (κ2) is 9.52. The van der Waals surface area contributed by atoms with Crippen LogP contribution in [0.25, 0.3) is 0 Å². The summed E-state index contributed by atoms with van der Waals surface area (Å²) in [6.07, 6.45) is 1.66. The van der Waals surface area contributed by atoms with Gasteiger partial charge in [-0.15, -0.1) is 0 Å². The van der Waals surface area contributed by atoms with Crippen LogP contribution in [0.4, 0.5) is 21.9 Å². The molecule has 166 valence electrons. The topological polar surface area (TPSA) is 70.7 Å². The van der Waals surface area contributed by atoms with E-state index in [9.17, 15) is 9.59 Å². The smallest absolute Gasteiger partial charge is 0.319 e. The Kier molecular flexibility index (Phi) is 7.01. The third-order valence-electron chi connectivity index (χ3n) is 4.89. The van der Waals surface area contributed by atoms with Crippen molar-refractivity contribution >= 4 is 29.0 Å². The molecule has 1 heterocycles. The number of ether oxygens (including phenoxy) is 1. The van der Waals surface area contributed by atoms with Crippen molar-refractivity contribution in [3.05, 3.63) is 53.6 Å². The molecule has 6 heteroatoms. The summed E-state index contributed by atoms with van der Waals surface area (Å²) in [7, 11) is 0. The van der Waals surface area contributed by atoms with Crippen molar-refractivity contribution in [2.75, 3.05) is 23.4 Å².